The van der Waals surface area contributed by atoms with Crippen molar-refractivity contribution in [1.82, 2.24) is 19.6 Å². The van der Waals surface area contributed by atoms with Gasteiger partial charge in [0.2, 0.25) is 0 Å². The quantitative estimate of drug-likeness (QED) is 0.274. The Kier molecular flexibility index (Phi) is 8.39. The Morgan fingerprint density at radius 3 is 1.16 bits per heavy atom. The van der Waals surface area contributed by atoms with Gasteiger partial charge >= 0.3 is 12.1 Å². The number of rotatable bonds is 10. The van der Waals surface area contributed by atoms with Crippen LogP contribution in [0.4, 0.5) is 9.59 Å². The van der Waals surface area contributed by atoms with Crippen molar-refractivity contribution in [3.8, 4) is 0 Å². The number of urea groups is 2. The average Bonchev–Trinajstić information content (AvgIpc) is 3.40. The molecule has 2 aromatic carbocycles. The molecule has 7 aliphatic rings. The highest BCUT2D eigenvalue weighted by atomic mass is 16.2. The van der Waals surface area contributed by atoms with Crippen LogP contribution >= 0.6 is 0 Å². The van der Waals surface area contributed by atoms with Gasteiger partial charge in [0, 0.05) is 36.3 Å². The van der Waals surface area contributed by atoms with Gasteiger partial charge in [0.1, 0.15) is 0 Å². The molecular weight excluding hydrogens is 608 g/mol. The van der Waals surface area contributed by atoms with Crippen LogP contribution in [0.3, 0.4) is 0 Å². The zero-order valence-corrected chi connectivity index (χ0v) is 29.2. The summed E-state index contributed by atoms with van der Waals surface area (Å²) in [6.07, 6.45) is 17.1. The van der Waals surface area contributed by atoms with Crippen LogP contribution in [0.15, 0.2) is 48.5 Å². The average molecular weight is 665 g/mol. The standard InChI is InChI=1S/C41H56N6O2/c42-40(48)46(28-13-9-26(10-14-28)21-23-44-34-17-18-35(44)31-6-2-1-5-30(31)34)38-25-39(38)47(41(43)49)29-15-11-27(12-16-29)22-24-45-36-19-20-37(45)33-8-4-3-7-32(33)36/h1-8,26-29,34-39H,9-25H2,(H2,42,48)(H2,43,49)/t26?,27?,28?,29?,34-,35+,36-,37+,38?,39?. The first kappa shape index (κ1) is 31.9. The first-order valence-electron chi connectivity index (χ1n) is 19.8. The second-order valence-electron chi connectivity index (χ2n) is 16.7. The maximum atomic E-state index is 12.9. The van der Waals surface area contributed by atoms with Crippen molar-refractivity contribution in [2.45, 2.75) is 145 Å². The fourth-order valence-electron chi connectivity index (χ4n) is 12.0. The fourth-order valence-corrected chi connectivity index (χ4v) is 12.0. The van der Waals surface area contributed by atoms with Gasteiger partial charge in [-0.2, -0.15) is 0 Å². The molecule has 8 nitrogen and oxygen atoms in total. The van der Waals surface area contributed by atoms with Gasteiger partial charge in [-0.3, -0.25) is 9.80 Å². The summed E-state index contributed by atoms with van der Waals surface area (Å²) in [5.74, 6) is 1.41. The molecule has 8 heteroatoms. The summed E-state index contributed by atoms with van der Waals surface area (Å²) < 4.78 is 0. The van der Waals surface area contributed by atoms with Crippen LogP contribution in [-0.2, 0) is 0 Å². The van der Waals surface area contributed by atoms with Crippen LogP contribution < -0.4 is 11.5 Å². The minimum atomic E-state index is -0.325. The van der Waals surface area contributed by atoms with E-state index >= 15 is 0 Å². The summed E-state index contributed by atoms with van der Waals surface area (Å²) in [7, 11) is 0. The molecule has 4 heterocycles. The molecule has 2 unspecified atom stereocenters. The molecule has 9 rings (SSSR count). The third kappa shape index (κ3) is 5.65. The Hall–Kier alpha value is -3.10. The molecule has 2 saturated heterocycles. The smallest absolute Gasteiger partial charge is 0.315 e. The summed E-state index contributed by atoms with van der Waals surface area (Å²) in [6.45, 7) is 2.35. The lowest BCUT2D eigenvalue weighted by Crippen LogP contribution is -2.52. The van der Waals surface area contributed by atoms with E-state index in [1.807, 2.05) is 9.80 Å². The van der Waals surface area contributed by atoms with Gasteiger partial charge in [-0.05, 0) is 143 Å². The van der Waals surface area contributed by atoms with Crippen LogP contribution in [-0.4, -0.2) is 68.9 Å². The van der Waals surface area contributed by atoms with Crippen molar-refractivity contribution in [3.05, 3.63) is 70.8 Å². The number of benzene rings is 2. The van der Waals surface area contributed by atoms with Crippen molar-refractivity contribution in [2.75, 3.05) is 13.1 Å². The monoisotopic (exact) mass is 664 g/mol. The maximum Gasteiger partial charge on any atom is 0.315 e. The number of carbonyl (C=O) groups excluding carboxylic acids is 2. The zero-order valence-electron chi connectivity index (χ0n) is 29.2. The molecular formula is C41H56N6O2. The minimum absolute atomic E-state index is 0.00952. The van der Waals surface area contributed by atoms with Crippen molar-refractivity contribution < 1.29 is 9.59 Å². The van der Waals surface area contributed by atoms with Crippen molar-refractivity contribution >= 4 is 12.1 Å². The lowest BCUT2D eigenvalue weighted by Gasteiger charge is -2.40. The minimum Gasteiger partial charge on any atom is -0.351 e. The first-order valence-corrected chi connectivity index (χ1v) is 19.8. The van der Waals surface area contributed by atoms with E-state index in [0.717, 1.165) is 57.8 Å². The molecule has 5 fully saturated rings. The highest BCUT2D eigenvalue weighted by Gasteiger charge is 2.53. The summed E-state index contributed by atoms with van der Waals surface area (Å²) in [5, 5.41) is 0. The molecule has 0 radical (unpaired) electrons. The lowest BCUT2D eigenvalue weighted by atomic mass is 9.83. The van der Waals surface area contributed by atoms with Crippen molar-refractivity contribution in [1.29, 1.82) is 0 Å². The number of hydrogen-bond donors (Lipinski definition) is 2. The van der Waals surface area contributed by atoms with Crippen LogP contribution in [0.2, 0.25) is 0 Å². The van der Waals surface area contributed by atoms with Crippen LogP contribution in [0.1, 0.15) is 143 Å². The molecule has 4 amide bonds. The third-order valence-corrected chi connectivity index (χ3v) is 14.4. The van der Waals surface area contributed by atoms with Gasteiger partial charge in [-0.25, -0.2) is 9.59 Å². The van der Waals surface area contributed by atoms with Crippen molar-refractivity contribution in [3.63, 3.8) is 0 Å². The molecule has 2 aromatic rings. The summed E-state index contributed by atoms with van der Waals surface area (Å²) in [5.41, 5.74) is 18.4. The van der Waals surface area contributed by atoms with E-state index in [9.17, 15) is 9.59 Å². The summed E-state index contributed by atoms with van der Waals surface area (Å²) >= 11 is 0. The molecule has 4 aliphatic heterocycles. The lowest BCUT2D eigenvalue weighted by molar-refractivity contribution is 0.108. The Labute approximate surface area is 292 Å². The zero-order chi connectivity index (χ0) is 33.2. The number of nitrogens with zero attached hydrogens (tertiary/aromatic N) is 4. The van der Waals surface area contributed by atoms with E-state index in [1.165, 1.54) is 51.6 Å². The Bertz CT molecular complexity index is 1370. The Morgan fingerprint density at radius 2 is 0.857 bits per heavy atom. The normalized spacial score (nSPS) is 36.0. The maximum absolute atomic E-state index is 12.9. The largest absolute Gasteiger partial charge is 0.351 e. The summed E-state index contributed by atoms with van der Waals surface area (Å²) in [4.78, 5) is 35.3. The topological polar surface area (TPSA) is 99.1 Å². The van der Waals surface area contributed by atoms with E-state index in [1.54, 1.807) is 22.3 Å². The molecule has 0 aromatic heterocycles. The second-order valence-corrected chi connectivity index (χ2v) is 16.7. The highest BCUT2D eigenvalue weighted by Crippen LogP contribution is 2.54. The van der Waals surface area contributed by atoms with Crippen LogP contribution in [0.25, 0.3) is 0 Å². The predicted molar refractivity (Wildman–Crippen MR) is 191 cm³/mol. The third-order valence-electron chi connectivity index (χ3n) is 14.4. The second kappa shape index (κ2) is 12.9. The molecule has 4 bridgehead atoms. The highest BCUT2D eigenvalue weighted by molar-refractivity contribution is 5.76. The van der Waals surface area contributed by atoms with E-state index in [0.29, 0.717) is 36.0 Å². The predicted octanol–water partition coefficient (Wildman–Crippen LogP) is 7.57. The van der Waals surface area contributed by atoms with Gasteiger partial charge in [0.15, 0.2) is 0 Å². The Balaban J connectivity index is 0.749. The number of hydrogen-bond acceptors (Lipinski definition) is 4. The molecule has 3 saturated carbocycles. The van der Waals surface area contributed by atoms with Crippen LogP contribution in [0, 0.1) is 11.8 Å². The van der Waals surface area contributed by atoms with Crippen LogP contribution in [0.5, 0.6) is 0 Å². The number of carbonyl (C=O) groups is 2. The van der Waals surface area contributed by atoms with Crippen molar-refractivity contribution in [2.24, 2.45) is 23.3 Å². The molecule has 3 aliphatic carbocycles. The van der Waals surface area contributed by atoms with E-state index in [-0.39, 0.29) is 36.2 Å². The van der Waals surface area contributed by atoms with E-state index < -0.39 is 0 Å². The molecule has 4 N–H and O–H groups in total. The van der Waals surface area contributed by atoms with Gasteiger partial charge < -0.3 is 21.3 Å². The Morgan fingerprint density at radius 1 is 0.531 bits per heavy atom. The SMILES string of the molecule is NC(=O)N(C1CCC(CCN2[C@@H]3CC[C@H]2c2ccccc23)CC1)C1CC1N(C(N)=O)C1CCC(CCN2[C@@H]3CC[C@H]2c2ccccc23)CC1. The number of fused-ring (bicyclic) bond motifs is 10. The van der Waals surface area contributed by atoms with E-state index in [2.05, 4.69) is 58.3 Å². The van der Waals surface area contributed by atoms with Gasteiger partial charge in [0.25, 0.3) is 0 Å². The molecule has 0 spiro atoms. The number of amides is 4. The fraction of sp³-hybridized carbons (Fsp3) is 0.659. The van der Waals surface area contributed by atoms with Gasteiger partial charge in [0.05, 0.1) is 12.1 Å². The molecule has 262 valence electrons. The first-order chi connectivity index (χ1) is 24.0. The van der Waals surface area contributed by atoms with Gasteiger partial charge in [-0.15, -0.1) is 0 Å². The number of nitrogens with two attached hydrogens (primary N) is 2. The number of primary amides is 2. The van der Waals surface area contributed by atoms with E-state index in [4.69, 9.17) is 11.5 Å². The van der Waals surface area contributed by atoms with Gasteiger partial charge in [-0.1, -0.05) is 48.5 Å². The molecule has 49 heavy (non-hydrogen) atoms. The summed E-state index contributed by atoms with van der Waals surface area (Å²) in [6, 6.07) is 20.3. The molecule has 6 atom stereocenters.